The van der Waals surface area contributed by atoms with Crippen LogP contribution in [0.3, 0.4) is 0 Å². The van der Waals surface area contributed by atoms with Gasteiger partial charge in [0, 0.05) is 53.5 Å². The van der Waals surface area contributed by atoms with Crippen molar-refractivity contribution in [3.63, 3.8) is 0 Å². The smallest absolute Gasteiger partial charge is 0.0562 e. The fourth-order valence-electron chi connectivity index (χ4n) is 6.11. The van der Waals surface area contributed by atoms with E-state index in [0.717, 1.165) is 16.9 Å². The molecule has 3 nitrogen and oxygen atoms in total. The van der Waals surface area contributed by atoms with Crippen LogP contribution in [0.4, 0.5) is 0 Å². The summed E-state index contributed by atoms with van der Waals surface area (Å²) in [4.78, 5) is 4.58. The Kier molecular flexibility index (Phi) is 6.12. The second kappa shape index (κ2) is 9.85. The second-order valence-corrected chi connectivity index (χ2v) is 10.6. The number of para-hydroxylation sites is 1. The SMILES string of the molecule is Cc1ccc(-n2c3ccc(C)cc3c3cc4c5ccccc5n(-c5cc[c-]c(-c6ccccn6)c5)c4cc32)cc1.[Ir]. The maximum absolute atomic E-state index is 4.58. The normalized spacial score (nSPS) is 11.5. The zero-order valence-corrected chi connectivity index (χ0v) is 25.1. The summed E-state index contributed by atoms with van der Waals surface area (Å²) < 4.78 is 4.79. The predicted octanol–water partition coefficient (Wildman–Crippen LogP) is 9.36. The number of fused-ring (bicyclic) bond motifs is 6. The van der Waals surface area contributed by atoms with Gasteiger partial charge in [-0.3, -0.25) is 0 Å². The van der Waals surface area contributed by atoms with Gasteiger partial charge >= 0.3 is 0 Å². The molecule has 0 N–H and O–H groups in total. The molecule has 0 aliphatic rings. The fraction of sp³-hybridized carbons (Fsp3) is 0.0541. The van der Waals surface area contributed by atoms with Crippen LogP contribution in [0.5, 0.6) is 0 Å². The first-order chi connectivity index (χ1) is 19.7. The zero-order valence-electron chi connectivity index (χ0n) is 22.7. The van der Waals surface area contributed by atoms with E-state index in [0.29, 0.717) is 0 Å². The molecule has 8 aromatic rings. The number of benzene rings is 5. The summed E-state index contributed by atoms with van der Waals surface area (Å²) in [7, 11) is 0. The molecule has 0 aliphatic carbocycles. The van der Waals surface area contributed by atoms with Gasteiger partial charge in [0.25, 0.3) is 0 Å². The minimum Gasteiger partial charge on any atom is -0.327 e. The van der Waals surface area contributed by atoms with E-state index in [2.05, 4.69) is 125 Å². The third-order valence-corrected chi connectivity index (χ3v) is 7.99. The Labute approximate surface area is 252 Å². The van der Waals surface area contributed by atoms with Gasteiger partial charge in [0.2, 0.25) is 0 Å². The van der Waals surface area contributed by atoms with Crippen molar-refractivity contribution in [2.75, 3.05) is 0 Å². The number of hydrogen-bond donors (Lipinski definition) is 0. The van der Waals surface area contributed by atoms with Crippen molar-refractivity contribution in [1.29, 1.82) is 0 Å². The Morgan fingerprint density at radius 3 is 2.02 bits per heavy atom. The minimum atomic E-state index is 0. The quantitative estimate of drug-likeness (QED) is 0.168. The van der Waals surface area contributed by atoms with Gasteiger partial charge in [-0.2, -0.15) is 0 Å². The van der Waals surface area contributed by atoms with Crippen LogP contribution in [0.15, 0.2) is 121 Å². The molecule has 0 spiro atoms. The molecule has 0 fully saturated rings. The summed E-state index contributed by atoms with van der Waals surface area (Å²) in [5, 5.41) is 5.04. The van der Waals surface area contributed by atoms with Gasteiger partial charge in [-0.15, -0.1) is 29.8 Å². The van der Waals surface area contributed by atoms with Crippen molar-refractivity contribution < 1.29 is 20.1 Å². The van der Waals surface area contributed by atoms with Crippen molar-refractivity contribution in [3.8, 4) is 22.6 Å². The molecule has 8 rings (SSSR count). The average molecular weight is 705 g/mol. The standard InChI is InChI=1S/C37H26N3.Ir/c1-24-13-16-27(17-14-24)39-35-18-15-25(2)20-30(35)32-22-31-29-10-3-4-12-34(29)40(36(31)23-37(32)39)28-9-7-8-26(21-28)33-11-5-6-19-38-33;/h3-7,9-23H,1-2H3;/q-1;. The van der Waals surface area contributed by atoms with E-state index < -0.39 is 0 Å². The molecule has 199 valence electrons. The molecule has 3 aromatic heterocycles. The van der Waals surface area contributed by atoms with Crippen molar-refractivity contribution in [1.82, 2.24) is 14.1 Å². The Hall–Kier alpha value is -4.50. The van der Waals surface area contributed by atoms with Crippen LogP contribution in [0.2, 0.25) is 0 Å². The van der Waals surface area contributed by atoms with Crippen LogP contribution in [0.25, 0.3) is 66.2 Å². The van der Waals surface area contributed by atoms with Crippen LogP contribution in [-0.2, 0) is 20.1 Å². The summed E-state index contributed by atoms with van der Waals surface area (Å²) in [6, 6.07) is 44.8. The fourth-order valence-corrected chi connectivity index (χ4v) is 6.11. The topological polar surface area (TPSA) is 22.8 Å². The maximum atomic E-state index is 4.58. The molecule has 5 aromatic carbocycles. The summed E-state index contributed by atoms with van der Waals surface area (Å²) in [6.45, 7) is 4.31. The van der Waals surface area contributed by atoms with E-state index in [9.17, 15) is 0 Å². The van der Waals surface area contributed by atoms with Crippen LogP contribution < -0.4 is 0 Å². The molecule has 41 heavy (non-hydrogen) atoms. The molecular weight excluding hydrogens is 679 g/mol. The Bertz CT molecular complexity index is 2220. The summed E-state index contributed by atoms with van der Waals surface area (Å²) in [5.41, 5.74) is 11.5. The van der Waals surface area contributed by atoms with Gasteiger partial charge in [-0.1, -0.05) is 59.7 Å². The molecule has 0 atom stereocenters. The first-order valence-electron chi connectivity index (χ1n) is 13.6. The van der Waals surface area contributed by atoms with Crippen molar-refractivity contribution >= 4 is 43.6 Å². The van der Waals surface area contributed by atoms with Gasteiger partial charge in [-0.25, -0.2) is 0 Å². The Morgan fingerprint density at radius 1 is 0.537 bits per heavy atom. The van der Waals surface area contributed by atoms with Crippen LogP contribution in [-0.4, -0.2) is 14.1 Å². The van der Waals surface area contributed by atoms with Gasteiger partial charge in [0.05, 0.1) is 22.1 Å². The third-order valence-electron chi connectivity index (χ3n) is 7.99. The van der Waals surface area contributed by atoms with Gasteiger partial charge in [-0.05, 0) is 73.8 Å². The summed E-state index contributed by atoms with van der Waals surface area (Å²) in [6.07, 6.45) is 1.83. The molecular formula is C37H26IrN3-. The van der Waals surface area contributed by atoms with Gasteiger partial charge < -0.3 is 14.1 Å². The average Bonchev–Trinajstić information content (AvgIpc) is 3.49. The molecule has 0 saturated heterocycles. The summed E-state index contributed by atoms with van der Waals surface area (Å²) in [5.74, 6) is 0. The van der Waals surface area contributed by atoms with Gasteiger partial charge in [0.1, 0.15) is 0 Å². The van der Waals surface area contributed by atoms with Crippen LogP contribution >= 0.6 is 0 Å². The first-order valence-corrected chi connectivity index (χ1v) is 13.6. The molecule has 3 heterocycles. The number of aryl methyl sites for hydroxylation is 2. The van der Waals surface area contributed by atoms with Crippen molar-refractivity contribution in [2.24, 2.45) is 0 Å². The Morgan fingerprint density at radius 2 is 1.22 bits per heavy atom. The van der Waals surface area contributed by atoms with Crippen LogP contribution in [0.1, 0.15) is 11.1 Å². The Balaban J connectivity index is 0.00000276. The molecule has 1 radical (unpaired) electrons. The minimum absolute atomic E-state index is 0. The molecule has 0 aliphatic heterocycles. The first kappa shape index (κ1) is 25.5. The third kappa shape index (κ3) is 4.02. The van der Waals surface area contributed by atoms with E-state index in [4.69, 9.17) is 0 Å². The van der Waals surface area contributed by atoms with E-state index in [1.54, 1.807) is 0 Å². The van der Waals surface area contributed by atoms with E-state index in [1.165, 1.54) is 60.4 Å². The van der Waals surface area contributed by atoms with E-state index in [1.807, 2.05) is 30.5 Å². The number of rotatable bonds is 3. The number of aromatic nitrogens is 3. The van der Waals surface area contributed by atoms with Gasteiger partial charge in [0.15, 0.2) is 0 Å². The zero-order chi connectivity index (χ0) is 26.8. The maximum Gasteiger partial charge on any atom is 0.0562 e. The van der Waals surface area contributed by atoms with E-state index in [-0.39, 0.29) is 20.1 Å². The van der Waals surface area contributed by atoms with Crippen LogP contribution in [0, 0.1) is 19.9 Å². The molecule has 0 bridgehead atoms. The molecule has 0 amide bonds. The number of nitrogens with zero attached hydrogens (tertiary/aromatic N) is 3. The summed E-state index contributed by atoms with van der Waals surface area (Å²) >= 11 is 0. The van der Waals surface area contributed by atoms with Crippen molar-refractivity contribution in [3.05, 3.63) is 139 Å². The molecule has 0 saturated carbocycles. The number of pyridine rings is 1. The van der Waals surface area contributed by atoms with Crippen molar-refractivity contribution in [2.45, 2.75) is 13.8 Å². The predicted molar refractivity (Wildman–Crippen MR) is 167 cm³/mol. The second-order valence-electron chi connectivity index (χ2n) is 10.6. The number of hydrogen-bond acceptors (Lipinski definition) is 1. The molecule has 4 heteroatoms. The monoisotopic (exact) mass is 705 g/mol. The molecule has 0 unspecified atom stereocenters. The van der Waals surface area contributed by atoms with E-state index >= 15 is 0 Å². The largest absolute Gasteiger partial charge is 0.327 e.